The van der Waals surface area contributed by atoms with Crippen LogP contribution in [0.2, 0.25) is 0 Å². The minimum Gasteiger partial charge on any atom is -0.465 e. The Hall–Kier alpha value is -3.90. The summed E-state index contributed by atoms with van der Waals surface area (Å²) in [5.41, 5.74) is 2.29. The van der Waals surface area contributed by atoms with Crippen LogP contribution in [0.25, 0.3) is 0 Å². The molecule has 2 fully saturated rings. The average Bonchev–Trinajstić information content (AvgIpc) is 3.22. The normalized spacial score (nSPS) is 20.5. The molecule has 2 aliphatic heterocycles. The lowest BCUT2D eigenvalue weighted by atomic mass is 10.2. The number of nitrogens with zero attached hydrogens (tertiary/aromatic N) is 8. The Labute approximate surface area is 203 Å². The highest BCUT2D eigenvalue weighted by Gasteiger charge is 2.25. The van der Waals surface area contributed by atoms with Gasteiger partial charge in [0.05, 0.1) is 69.8 Å². The van der Waals surface area contributed by atoms with Gasteiger partial charge >= 0.3 is 11.9 Å². The first-order valence-electron chi connectivity index (χ1n) is 11.2. The van der Waals surface area contributed by atoms with Crippen molar-refractivity contribution in [1.82, 2.24) is 19.8 Å². The second-order valence-electron chi connectivity index (χ2n) is 8.13. The van der Waals surface area contributed by atoms with Crippen LogP contribution in [0.4, 0.5) is 11.4 Å². The smallest absolute Gasteiger partial charge is 0.337 e. The van der Waals surface area contributed by atoms with E-state index in [4.69, 9.17) is 9.47 Å². The van der Waals surface area contributed by atoms with Crippen LogP contribution >= 0.6 is 0 Å². The highest BCUT2D eigenvalue weighted by atomic mass is 16.5. The molecule has 184 valence electrons. The number of hydrogen-bond acceptors (Lipinski definition) is 10. The summed E-state index contributed by atoms with van der Waals surface area (Å²) in [6.45, 7) is 5.16. The predicted octanol–water partition coefficient (Wildman–Crippen LogP) is 3.07. The van der Waals surface area contributed by atoms with Crippen molar-refractivity contribution in [3.63, 3.8) is 0 Å². The van der Waals surface area contributed by atoms with E-state index in [2.05, 4.69) is 30.5 Å². The summed E-state index contributed by atoms with van der Waals surface area (Å²) in [7, 11) is 2.71. The van der Waals surface area contributed by atoms with E-state index in [1.807, 2.05) is 10.0 Å². The maximum absolute atomic E-state index is 11.6. The molecule has 0 spiro atoms. The standard InChI is InChI=1S/C23H28N8O4/c1-34-22(32)18-3-7-20(8-4-18)24-26-30-13-11-29-15-28(16-30)12-14-31(17-29)27-25-21-9-5-19(6-10-21)23(33)35-2/h3-10H,11-17H2,1-2H3. The zero-order chi connectivity index (χ0) is 24.6. The Morgan fingerprint density at radius 1 is 0.629 bits per heavy atom. The van der Waals surface area contributed by atoms with E-state index in [9.17, 15) is 9.59 Å². The maximum Gasteiger partial charge on any atom is 0.337 e. The summed E-state index contributed by atoms with van der Waals surface area (Å²) >= 11 is 0. The predicted molar refractivity (Wildman–Crippen MR) is 126 cm³/mol. The quantitative estimate of drug-likeness (QED) is 0.458. The molecule has 0 amide bonds. The van der Waals surface area contributed by atoms with E-state index in [1.54, 1.807) is 48.5 Å². The van der Waals surface area contributed by atoms with Crippen molar-refractivity contribution in [3.8, 4) is 0 Å². The van der Waals surface area contributed by atoms with Gasteiger partial charge in [-0.15, -0.1) is 10.2 Å². The van der Waals surface area contributed by atoms with E-state index in [0.717, 1.165) is 32.8 Å². The molecule has 0 aromatic heterocycles. The lowest BCUT2D eigenvalue weighted by molar-refractivity contribution is 0.0592. The molecule has 2 bridgehead atoms. The molecule has 4 rings (SSSR count). The molecule has 0 aliphatic carbocycles. The number of rotatable bonds is 6. The molecule has 0 N–H and O–H groups in total. The van der Waals surface area contributed by atoms with E-state index in [1.165, 1.54) is 14.2 Å². The molecular weight excluding hydrogens is 452 g/mol. The second-order valence-corrected chi connectivity index (χ2v) is 8.13. The lowest BCUT2D eigenvalue weighted by Gasteiger charge is -2.24. The topological polar surface area (TPSA) is 115 Å². The number of fused-ring (bicyclic) bond motifs is 2. The molecule has 2 heterocycles. The summed E-state index contributed by atoms with van der Waals surface area (Å²) in [6.07, 6.45) is 0. The molecule has 12 nitrogen and oxygen atoms in total. The first kappa shape index (κ1) is 24.2. The van der Waals surface area contributed by atoms with Crippen LogP contribution in [-0.4, -0.2) is 92.2 Å². The first-order valence-corrected chi connectivity index (χ1v) is 11.2. The van der Waals surface area contributed by atoms with E-state index < -0.39 is 0 Å². The Morgan fingerprint density at radius 3 is 1.40 bits per heavy atom. The summed E-state index contributed by atoms with van der Waals surface area (Å²) in [4.78, 5) is 27.7. The fourth-order valence-electron chi connectivity index (χ4n) is 3.71. The van der Waals surface area contributed by atoms with Crippen molar-refractivity contribution >= 4 is 23.3 Å². The molecule has 0 radical (unpaired) electrons. The third kappa shape index (κ3) is 6.58. The van der Waals surface area contributed by atoms with Gasteiger partial charge in [-0.2, -0.15) is 0 Å². The highest BCUT2D eigenvalue weighted by Crippen LogP contribution is 2.18. The van der Waals surface area contributed by atoms with Crippen LogP contribution in [0.3, 0.4) is 0 Å². The molecule has 2 aliphatic rings. The van der Waals surface area contributed by atoms with Crippen LogP contribution < -0.4 is 0 Å². The van der Waals surface area contributed by atoms with Gasteiger partial charge in [-0.25, -0.2) is 9.59 Å². The van der Waals surface area contributed by atoms with Crippen molar-refractivity contribution < 1.29 is 19.1 Å². The molecular formula is C23H28N8O4. The molecule has 2 unspecified atom stereocenters. The van der Waals surface area contributed by atoms with Crippen LogP contribution in [0, 0.1) is 0 Å². The Kier molecular flexibility index (Phi) is 7.95. The number of esters is 2. The van der Waals surface area contributed by atoms with Gasteiger partial charge < -0.3 is 9.47 Å². The summed E-state index contributed by atoms with van der Waals surface area (Å²) in [5, 5.41) is 21.3. The Bertz CT molecular complexity index is 988. The van der Waals surface area contributed by atoms with E-state index in [0.29, 0.717) is 35.8 Å². The maximum atomic E-state index is 11.6. The zero-order valence-electron chi connectivity index (χ0n) is 19.8. The number of methoxy groups -OCH3 is 2. The fourth-order valence-corrected chi connectivity index (χ4v) is 3.71. The molecule has 0 saturated carbocycles. The Balaban J connectivity index is 1.31. The van der Waals surface area contributed by atoms with E-state index >= 15 is 0 Å². The molecule has 12 heteroatoms. The molecule has 2 aromatic rings. The van der Waals surface area contributed by atoms with E-state index in [-0.39, 0.29) is 11.9 Å². The number of ether oxygens (including phenoxy) is 2. The average molecular weight is 481 g/mol. The number of hydrogen-bond donors (Lipinski definition) is 0. The van der Waals surface area contributed by atoms with Crippen LogP contribution in [0.15, 0.2) is 69.2 Å². The third-order valence-corrected chi connectivity index (χ3v) is 5.63. The summed E-state index contributed by atoms with van der Waals surface area (Å²) < 4.78 is 9.43. The monoisotopic (exact) mass is 480 g/mol. The van der Waals surface area contributed by atoms with Gasteiger partial charge in [0.2, 0.25) is 0 Å². The SMILES string of the molecule is COC(=O)c1ccc(N=NN2CCN3CN(CCN(N=Nc4ccc(C(=O)OC)cc4)C3)C2)cc1. The van der Waals surface area contributed by atoms with Crippen LogP contribution in [0.1, 0.15) is 20.7 Å². The van der Waals surface area contributed by atoms with Gasteiger partial charge in [0.1, 0.15) is 0 Å². The highest BCUT2D eigenvalue weighted by molar-refractivity contribution is 5.90. The Morgan fingerprint density at radius 2 is 1.03 bits per heavy atom. The van der Waals surface area contributed by atoms with Crippen molar-refractivity contribution in [2.24, 2.45) is 20.7 Å². The van der Waals surface area contributed by atoms with Crippen LogP contribution in [0.5, 0.6) is 0 Å². The minimum absolute atomic E-state index is 0.378. The van der Waals surface area contributed by atoms with Crippen molar-refractivity contribution in [2.75, 3.05) is 60.4 Å². The fraction of sp³-hybridized carbons (Fsp3) is 0.391. The van der Waals surface area contributed by atoms with Crippen molar-refractivity contribution in [1.29, 1.82) is 0 Å². The number of benzene rings is 2. The van der Waals surface area contributed by atoms with Gasteiger partial charge in [0.25, 0.3) is 0 Å². The first-order chi connectivity index (χ1) is 17.0. The zero-order valence-corrected chi connectivity index (χ0v) is 19.8. The van der Waals surface area contributed by atoms with Crippen LogP contribution in [-0.2, 0) is 9.47 Å². The second kappa shape index (κ2) is 11.5. The number of carbonyl (C=O) groups excluding carboxylic acids is 2. The van der Waals surface area contributed by atoms with Crippen molar-refractivity contribution in [2.45, 2.75) is 0 Å². The molecule has 2 saturated heterocycles. The third-order valence-electron chi connectivity index (χ3n) is 5.63. The van der Waals surface area contributed by atoms with Gasteiger partial charge in [0, 0.05) is 13.1 Å². The summed E-state index contributed by atoms with van der Waals surface area (Å²) in [5.74, 6) is -0.757. The molecule has 2 aromatic carbocycles. The van der Waals surface area contributed by atoms with Gasteiger partial charge in [0.15, 0.2) is 0 Å². The lowest BCUT2D eigenvalue weighted by Crippen LogP contribution is -2.36. The molecule has 2 atom stereocenters. The van der Waals surface area contributed by atoms with Gasteiger partial charge in [-0.05, 0) is 48.5 Å². The largest absolute Gasteiger partial charge is 0.465 e. The van der Waals surface area contributed by atoms with Gasteiger partial charge in [-0.3, -0.25) is 19.8 Å². The minimum atomic E-state index is -0.378. The molecule has 35 heavy (non-hydrogen) atoms. The summed E-state index contributed by atoms with van der Waals surface area (Å²) in [6, 6.07) is 13.7. The van der Waals surface area contributed by atoms with Crippen molar-refractivity contribution in [3.05, 3.63) is 59.7 Å². The number of carbonyl (C=O) groups is 2. The van der Waals surface area contributed by atoms with Gasteiger partial charge in [-0.1, -0.05) is 10.4 Å².